The van der Waals surface area contributed by atoms with Crippen LogP contribution in [0.25, 0.3) is 0 Å². The van der Waals surface area contributed by atoms with Crippen molar-refractivity contribution in [2.45, 2.75) is 0 Å². The van der Waals surface area contributed by atoms with Crippen molar-refractivity contribution in [2.75, 3.05) is 183 Å². The molecule has 2 amide bonds. The molecule has 1 heterocycles. The van der Waals surface area contributed by atoms with Crippen molar-refractivity contribution in [1.82, 2.24) is 4.90 Å². The molecule has 1 rings (SSSR count). The van der Waals surface area contributed by atoms with Gasteiger partial charge in [0.05, 0.1) is 178 Å². The summed E-state index contributed by atoms with van der Waals surface area (Å²) in [5, 5.41) is 0. The van der Waals surface area contributed by atoms with E-state index >= 15 is 0 Å². The molecule has 1 aliphatic rings. The third-order valence-electron chi connectivity index (χ3n) is 6.05. The summed E-state index contributed by atoms with van der Waals surface area (Å²) in [4.78, 5) is 23.9. The van der Waals surface area contributed by atoms with Crippen LogP contribution < -0.4 is 0 Å². The van der Waals surface area contributed by atoms with Crippen LogP contribution in [0.3, 0.4) is 0 Å². The first-order chi connectivity index (χ1) is 24.3. The number of hydrogen-bond acceptors (Lipinski definition) is 15. The van der Waals surface area contributed by atoms with Gasteiger partial charge in [-0.05, 0) is 0 Å². The van der Waals surface area contributed by atoms with Gasteiger partial charge in [0.2, 0.25) is 0 Å². The number of imide groups is 1. The number of nitrogens with zero attached hydrogens (tertiary/aromatic N) is 1. The van der Waals surface area contributed by atoms with E-state index in [4.69, 9.17) is 61.6 Å². The fourth-order valence-corrected chi connectivity index (χ4v) is 3.91. The van der Waals surface area contributed by atoms with Crippen molar-refractivity contribution in [2.24, 2.45) is 0 Å². The molecule has 49 heavy (non-hydrogen) atoms. The number of carbonyl (C=O) groups is 2. The van der Waals surface area contributed by atoms with Crippen LogP contribution in [0.1, 0.15) is 0 Å². The monoisotopic (exact) mass is 823 g/mol. The molecular weight excluding hydrogens is 765 g/mol. The van der Waals surface area contributed by atoms with Crippen LogP contribution in [0, 0.1) is 0 Å². The van der Waals surface area contributed by atoms with E-state index in [9.17, 15) is 9.59 Å². The minimum absolute atomic E-state index is 0.239. The van der Waals surface area contributed by atoms with Crippen LogP contribution >= 0.6 is 22.6 Å². The summed E-state index contributed by atoms with van der Waals surface area (Å²) in [6.45, 7) is 13.2. The highest BCUT2D eigenvalue weighted by molar-refractivity contribution is 14.1. The Hall–Kier alpha value is -0.910. The summed E-state index contributed by atoms with van der Waals surface area (Å²) in [6, 6.07) is 0. The molecule has 0 bridgehead atoms. The molecule has 0 N–H and O–H groups in total. The molecule has 0 aromatic rings. The van der Waals surface area contributed by atoms with E-state index in [-0.39, 0.29) is 25.0 Å². The van der Waals surface area contributed by atoms with Gasteiger partial charge < -0.3 is 61.6 Å². The van der Waals surface area contributed by atoms with Gasteiger partial charge in [-0.15, -0.1) is 0 Å². The molecule has 0 radical (unpaired) electrons. The molecule has 0 fully saturated rings. The smallest absolute Gasteiger partial charge is 0.253 e. The number of rotatable bonds is 41. The van der Waals surface area contributed by atoms with Gasteiger partial charge in [0.1, 0.15) is 0 Å². The predicted molar refractivity (Wildman–Crippen MR) is 185 cm³/mol. The molecule has 0 unspecified atom stereocenters. The molecule has 17 heteroatoms. The maximum atomic E-state index is 11.4. The number of halogens is 1. The fraction of sp³-hybridized carbons (Fsp3) is 0.875. The highest BCUT2D eigenvalue weighted by Gasteiger charge is 2.22. The number of alkyl halides is 1. The highest BCUT2D eigenvalue weighted by atomic mass is 127. The first-order valence-electron chi connectivity index (χ1n) is 16.9. The van der Waals surface area contributed by atoms with E-state index in [1.807, 2.05) is 0 Å². The lowest BCUT2D eigenvalue weighted by atomic mass is 10.5. The second kappa shape index (κ2) is 38.3. The van der Waals surface area contributed by atoms with E-state index in [2.05, 4.69) is 22.6 Å². The van der Waals surface area contributed by atoms with Crippen molar-refractivity contribution in [3.8, 4) is 0 Å². The lowest BCUT2D eigenvalue weighted by Crippen LogP contribution is -2.33. The SMILES string of the molecule is O=C1C=CC(=O)N1CCOCCOCCOCCOCCOCCOCCOCCOCCOCCOCCOCCOCCOCCI. The predicted octanol–water partition coefficient (Wildman–Crippen LogP) is 0.562. The molecule has 0 aliphatic carbocycles. The molecule has 16 nitrogen and oxygen atoms in total. The molecule has 288 valence electrons. The molecular formula is C32H58INO15. The van der Waals surface area contributed by atoms with Gasteiger partial charge >= 0.3 is 0 Å². The summed E-state index contributed by atoms with van der Waals surface area (Å²) in [5.41, 5.74) is 0. The minimum atomic E-state index is -0.307. The Kier molecular flexibility index (Phi) is 36.1. The Morgan fingerprint density at radius 2 is 0.510 bits per heavy atom. The quantitative estimate of drug-likeness (QED) is 0.0365. The van der Waals surface area contributed by atoms with Gasteiger partial charge in [0, 0.05) is 16.6 Å². The molecule has 1 aliphatic heterocycles. The standard InChI is InChI=1S/C32H58INO15/c33-3-5-37-7-9-39-11-13-41-15-17-43-19-21-45-23-25-47-27-29-49-30-28-48-26-24-46-22-20-44-18-16-42-14-12-40-10-8-38-6-4-34-31(35)1-2-32(34)36/h1-2H,3-30H2. The lowest BCUT2D eigenvalue weighted by Gasteiger charge is -2.13. The molecule has 0 saturated heterocycles. The number of amides is 2. The Labute approximate surface area is 304 Å². The zero-order valence-corrected chi connectivity index (χ0v) is 31.1. The summed E-state index contributed by atoms with van der Waals surface area (Å²) < 4.78 is 71.6. The summed E-state index contributed by atoms with van der Waals surface area (Å²) in [7, 11) is 0. The second-order valence-corrected chi connectivity index (χ2v) is 10.9. The lowest BCUT2D eigenvalue weighted by molar-refractivity contribution is -0.137. The number of hydrogen-bond donors (Lipinski definition) is 0. The van der Waals surface area contributed by atoms with Gasteiger partial charge in [-0.3, -0.25) is 14.5 Å². The highest BCUT2D eigenvalue weighted by Crippen LogP contribution is 2.02. The van der Waals surface area contributed by atoms with Gasteiger partial charge in [0.25, 0.3) is 11.8 Å². The van der Waals surface area contributed by atoms with Gasteiger partial charge in [-0.2, -0.15) is 0 Å². The van der Waals surface area contributed by atoms with Crippen molar-refractivity contribution >= 4 is 34.4 Å². The van der Waals surface area contributed by atoms with Crippen molar-refractivity contribution in [3.05, 3.63) is 12.2 Å². The van der Waals surface area contributed by atoms with Crippen LogP contribution in [0.4, 0.5) is 0 Å². The molecule has 0 saturated carbocycles. The third kappa shape index (κ3) is 32.7. The van der Waals surface area contributed by atoms with Gasteiger partial charge in [0.15, 0.2) is 0 Å². The summed E-state index contributed by atoms with van der Waals surface area (Å²) in [5.74, 6) is -0.614. The Morgan fingerprint density at radius 3 is 0.714 bits per heavy atom. The average Bonchev–Trinajstić information content (AvgIpc) is 3.43. The van der Waals surface area contributed by atoms with Crippen LogP contribution in [0.5, 0.6) is 0 Å². The second-order valence-electron chi connectivity index (χ2n) is 9.81. The normalized spacial score (nSPS) is 13.0. The molecule has 0 atom stereocenters. The number of ether oxygens (including phenoxy) is 13. The van der Waals surface area contributed by atoms with Gasteiger partial charge in [-0.1, -0.05) is 22.6 Å². The zero-order chi connectivity index (χ0) is 35.1. The summed E-state index contributed by atoms with van der Waals surface area (Å²) >= 11 is 2.27. The first-order valence-corrected chi connectivity index (χ1v) is 18.4. The van der Waals surface area contributed by atoms with Crippen molar-refractivity contribution < 1.29 is 71.2 Å². The Morgan fingerprint density at radius 1 is 0.327 bits per heavy atom. The average molecular weight is 824 g/mol. The van der Waals surface area contributed by atoms with Crippen molar-refractivity contribution in [3.63, 3.8) is 0 Å². The zero-order valence-electron chi connectivity index (χ0n) is 28.9. The largest absolute Gasteiger partial charge is 0.378 e. The molecule has 0 aromatic carbocycles. The van der Waals surface area contributed by atoms with Crippen LogP contribution in [-0.4, -0.2) is 199 Å². The maximum absolute atomic E-state index is 11.4. The first kappa shape index (κ1) is 46.1. The fourth-order valence-electron chi connectivity index (χ4n) is 3.60. The van der Waals surface area contributed by atoms with Crippen LogP contribution in [0.2, 0.25) is 0 Å². The van der Waals surface area contributed by atoms with E-state index in [0.29, 0.717) is 159 Å². The third-order valence-corrected chi connectivity index (χ3v) is 6.49. The van der Waals surface area contributed by atoms with Crippen molar-refractivity contribution in [1.29, 1.82) is 0 Å². The van der Waals surface area contributed by atoms with E-state index in [0.717, 1.165) is 15.9 Å². The number of carbonyl (C=O) groups excluding carboxylic acids is 2. The Balaban J connectivity index is 1.61. The molecule has 0 spiro atoms. The van der Waals surface area contributed by atoms with E-state index < -0.39 is 0 Å². The van der Waals surface area contributed by atoms with Crippen LogP contribution in [0.15, 0.2) is 12.2 Å². The van der Waals surface area contributed by atoms with E-state index in [1.165, 1.54) is 12.2 Å². The minimum Gasteiger partial charge on any atom is -0.378 e. The maximum Gasteiger partial charge on any atom is 0.253 e. The Bertz CT molecular complexity index is 750. The van der Waals surface area contributed by atoms with Crippen LogP contribution in [-0.2, 0) is 71.2 Å². The van der Waals surface area contributed by atoms with Gasteiger partial charge in [-0.25, -0.2) is 0 Å². The summed E-state index contributed by atoms with van der Waals surface area (Å²) in [6.07, 6.45) is 2.51. The van der Waals surface area contributed by atoms with E-state index in [1.54, 1.807) is 0 Å². The molecule has 0 aromatic heterocycles. The topological polar surface area (TPSA) is 157 Å².